The molecule has 0 amide bonds. The molecule has 22 heavy (non-hydrogen) atoms. The third-order valence-corrected chi connectivity index (χ3v) is 4.59. The summed E-state index contributed by atoms with van der Waals surface area (Å²) in [6.07, 6.45) is 0. The molecule has 2 rings (SSSR count). The van der Waals surface area contributed by atoms with Crippen LogP contribution in [0.15, 0.2) is 51.8 Å². The number of ether oxygens (including phenoxy) is 1. The largest absolute Gasteiger partial charge is 0.465 e. The lowest BCUT2D eigenvalue weighted by atomic mass is 10.2. The van der Waals surface area contributed by atoms with Crippen molar-refractivity contribution in [3.05, 3.63) is 58.3 Å². The van der Waals surface area contributed by atoms with Crippen molar-refractivity contribution in [2.75, 3.05) is 11.8 Å². The maximum atomic E-state index is 13.4. The summed E-state index contributed by atoms with van der Waals surface area (Å²) in [7, 11) is -2.82. The van der Waals surface area contributed by atoms with E-state index in [4.69, 9.17) is 0 Å². The molecule has 1 N–H and O–H groups in total. The molecule has 0 unspecified atom stereocenters. The van der Waals surface area contributed by atoms with Gasteiger partial charge in [-0.25, -0.2) is 17.6 Å². The van der Waals surface area contributed by atoms with Crippen molar-refractivity contribution < 1.29 is 22.3 Å². The van der Waals surface area contributed by atoms with E-state index in [-0.39, 0.29) is 16.1 Å². The fourth-order valence-corrected chi connectivity index (χ4v) is 3.39. The van der Waals surface area contributed by atoms with Crippen LogP contribution in [-0.4, -0.2) is 21.5 Å². The van der Waals surface area contributed by atoms with Crippen molar-refractivity contribution in [2.24, 2.45) is 0 Å². The van der Waals surface area contributed by atoms with Crippen LogP contribution in [0.4, 0.5) is 10.1 Å². The van der Waals surface area contributed by atoms with E-state index in [1.807, 2.05) is 0 Å². The highest BCUT2D eigenvalue weighted by atomic mass is 79.9. The van der Waals surface area contributed by atoms with Gasteiger partial charge in [0.1, 0.15) is 5.82 Å². The molecule has 0 radical (unpaired) electrons. The summed E-state index contributed by atoms with van der Waals surface area (Å²) in [5.74, 6) is -1.45. The zero-order valence-electron chi connectivity index (χ0n) is 11.3. The van der Waals surface area contributed by atoms with Crippen LogP contribution >= 0.6 is 15.9 Å². The van der Waals surface area contributed by atoms with Gasteiger partial charge in [-0.15, -0.1) is 0 Å². The van der Waals surface area contributed by atoms with Crippen molar-refractivity contribution in [1.82, 2.24) is 0 Å². The predicted octanol–water partition coefficient (Wildman–Crippen LogP) is 3.18. The number of esters is 1. The minimum absolute atomic E-state index is 0.0260. The van der Waals surface area contributed by atoms with Gasteiger partial charge in [0.25, 0.3) is 10.0 Å². The molecule has 0 atom stereocenters. The van der Waals surface area contributed by atoms with Gasteiger partial charge in [-0.2, -0.15) is 0 Å². The Hall–Kier alpha value is -1.93. The molecule has 116 valence electrons. The number of halogens is 2. The quantitative estimate of drug-likeness (QED) is 0.817. The minimum atomic E-state index is -3.97. The fourth-order valence-electron chi connectivity index (χ4n) is 1.73. The minimum Gasteiger partial charge on any atom is -0.465 e. The molecule has 8 heteroatoms. The number of benzene rings is 2. The highest BCUT2D eigenvalue weighted by Gasteiger charge is 2.20. The highest BCUT2D eigenvalue weighted by molar-refractivity contribution is 9.10. The SMILES string of the molecule is COC(=O)c1ccc(F)cc1NS(=O)(=O)c1cccc(Br)c1. The molecule has 0 aliphatic rings. The number of anilines is 1. The second kappa shape index (κ2) is 6.45. The van der Waals surface area contributed by atoms with Gasteiger partial charge in [0.05, 0.1) is 23.3 Å². The number of hydrogen-bond acceptors (Lipinski definition) is 4. The summed E-state index contributed by atoms with van der Waals surface area (Å²) in [4.78, 5) is 11.6. The van der Waals surface area contributed by atoms with Gasteiger partial charge in [-0.1, -0.05) is 22.0 Å². The number of methoxy groups -OCH3 is 1. The van der Waals surface area contributed by atoms with Crippen LogP contribution in [-0.2, 0) is 14.8 Å². The Bertz CT molecular complexity index is 823. The standard InChI is InChI=1S/C14H11BrFNO4S/c1-21-14(18)12-6-5-10(16)8-13(12)17-22(19,20)11-4-2-3-9(15)7-11/h2-8,17H,1H3. The first-order chi connectivity index (χ1) is 10.3. The summed E-state index contributed by atoms with van der Waals surface area (Å²) in [5.41, 5.74) is -0.269. The van der Waals surface area contributed by atoms with Crippen molar-refractivity contribution in [3.63, 3.8) is 0 Å². The van der Waals surface area contributed by atoms with E-state index in [1.54, 1.807) is 12.1 Å². The number of hydrogen-bond donors (Lipinski definition) is 1. The van der Waals surface area contributed by atoms with E-state index in [0.717, 1.165) is 25.3 Å². The zero-order valence-corrected chi connectivity index (χ0v) is 13.7. The molecule has 0 aliphatic heterocycles. The van der Waals surface area contributed by atoms with Gasteiger partial charge in [0.2, 0.25) is 0 Å². The Kier molecular flexibility index (Phi) is 4.82. The Morgan fingerprint density at radius 1 is 1.23 bits per heavy atom. The topological polar surface area (TPSA) is 72.5 Å². The average Bonchev–Trinajstić information content (AvgIpc) is 2.46. The van der Waals surface area contributed by atoms with Crippen LogP contribution in [0.5, 0.6) is 0 Å². The molecule has 0 saturated carbocycles. The van der Waals surface area contributed by atoms with Gasteiger partial charge in [-0.05, 0) is 36.4 Å². The Balaban J connectivity index is 2.45. The molecule has 0 saturated heterocycles. The smallest absolute Gasteiger partial charge is 0.339 e. The number of nitrogens with one attached hydrogen (secondary N) is 1. The Morgan fingerprint density at radius 3 is 2.59 bits per heavy atom. The lowest BCUT2D eigenvalue weighted by Gasteiger charge is -2.12. The maximum Gasteiger partial charge on any atom is 0.339 e. The maximum absolute atomic E-state index is 13.4. The molecule has 0 fully saturated rings. The number of rotatable bonds is 4. The van der Waals surface area contributed by atoms with E-state index in [1.165, 1.54) is 12.1 Å². The molecular formula is C14H11BrFNO4S. The fraction of sp³-hybridized carbons (Fsp3) is 0.0714. The normalized spacial score (nSPS) is 11.0. The van der Waals surface area contributed by atoms with Crippen molar-refractivity contribution in [2.45, 2.75) is 4.90 Å². The van der Waals surface area contributed by atoms with Gasteiger partial charge >= 0.3 is 5.97 Å². The molecule has 2 aromatic rings. The third-order valence-electron chi connectivity index (χ3n) is 2.74. The lowest BCUT2D eigenvalue weighted by molar-refractivity contribution is 0.0602. The van der Waals surface area contributed by atoms with Crippen LogP contribution in [0.2, 0.25) is 0 Å². The summed E-state index contributed by atoms with van der Waals surface area (Å²) < 4.78 is 45.3. The van der Waals surface area contributed by atoms with Crippen molar-refractivity contribution >= 4 is 37.6 Å². The molecule has 0 heterocycles. The molecule has 2 aromatic carbocycles. The first-order valence-electron chi connectivity index (χ1n) is 6.00. The van der Waals surface area contributed by atoms with E-state index >= 15 is 0 Å². The van der Waals surface area contributed by atoms with Gasteiger partial charge in [0, 0.05) is 4.47 Å². The first-order valence-corrected chi connectivity index (χ1v) is 8.27. The summed E-state index contributed by atoms with van der Waals surface area (Å²) in [5, 5.41) is 0. The second-order valence-electron chi connectivity index (χ2n) is 4.24. The molecule has 0 bridgehead atoms. The van der Waals surface area contributed by atoms with E-state index < -0.39 is 21.8 Å². The Morgan fingerprint density at radius 2 is 1.95 bits per heavy atom. The summed E-state index contributed by atoms with van der Waals surface area (Å²) in [6, 6.07) is 9.10. The predicted molar refractivity (Wildman–Crippen MR) is 82.7 cm³/mol. The molecule has 0 aromatic heterocycles. The molecule has 5 nitrogen and oxygen atoms in total. The zero-order chi connectivity index (χ0) is 16.3. The van der Waals surface area contributed by atoms with Gasteiger partial charge in [-0.3, -0.25) is 4.72 Å². The second-order valence-corrected chi connectivity index (χ2v) is 6.84. The monoisotopic (exact) mass is 387 g/mol. The number of carbonyl (C=O) groups is 1. The van der Waals surface area contributed by atoms with Crippen LogP contribution < -0.4 is 4.72 Å². The number of sulfonamides is 1. The molecule has 0 aliphatic carbocycles. The lowest BCUT2D eigenvalue weighted by Crippen LogP contribution is -2.16. The van der Waals surface area contributed by atoms with E-state index in [9.17, 15) is 17.6 Å². The summed E-state index contributed by atoms with van der Waals surface area (Å²) >= 11 is 3.17. The van der Waals surface area contributed by atoms with Gasteiger partial charge < -0.3 is 4.74 Å². The van der Waals surface area contributed by atoms with Crippen molar-refractivity contribution in [3.8, 4) is 0 Å². The summed E-state index contributed by atoms with van der Waals surface area (Å²) in [6.45, 7) is 0. The van der Waals surface area contributed by atoms with Gasteiger partial charge in [0.15, 0.2) is 0 Å². The van der Waals surface area contributed by atoms with E-state index in [0.29, 0.717) is 4.47 Å². The third kappa shape index (κ3) is 3.63. The number of carbonyl (C=O) groups excluding carboxylic acids is 1. The van der Waals surface area contributed by atoms with E-state index in [2.05, 4.69) is 25.4 Å². The van der Waals surface area contributed by atoms with Crippen LogP contribution in [0.25, 0.3) is 0 Å². The average molecular weight is 388 g/mol. The van der Waals surface area contributed by atoms with Crippen LogP contribution in [0, 0.1) is 5.82 Å². The first kappa shape index (κ1) is 16.4. The van der Waals surface area contributed by atoms with Crippen LogP contribution in [0.3, 0.4) is 0 Å². The van der Waals surface area contributed by atoms with Crippen LogP contribution in [0.1, 0.15) is 10.4 Å². The van der Waals surface area contributed by atoms with Crippen molar-refractivity contribution in [1.29, 1.82) is 0 Å². The Labute approximate surface area is 135 Å². The molecule has 0 spiro atoms. The highest BCUT2D eigenvalue weighted by Crippen LogP contribution is 2.23. The molecular weight excluding hydrogens is 377 g/mol.